The molecule has 5 rings (SSSR count). The van der Waals surface area contributed by atoms with Crippen LogP contribution in [0.25, 0.3) is 0 Å². The first-order valence-electron chi connectivity index (χ1n) is 10.3. The number of amides is 2. The molecule has 4 aliphatic rings. The second-order valence-electron chi connectivity index (χ2n) is 8.30. The number of ketones is 1. The van der Waals surface area contributed by atoms with E-state index in [0.717, 1.165) is 19.4 Å². The van der Waals surface area contributed by atoms with Crippen molar-refractivity contribution >= 4 is 17.6 Å². The van der Waals surface area contributed by atoms with Crippen LogP contribution in [0.4, 0.5) is 0 Å². The van der Waals surface area contributed by atoms with Gasteiger partial charge >= 0.3 is 0 Å². The third kappa shape index (κ3) is 3.92. The van der Waals surface area contributed by atoms with Crippen LogP contribution >= 0.6 is 0 Å². The number of fused-ring (bicyclic) bond motifs is 4. The molecule has 4 fully saturated rings. The first kappa shape index (κ1) is 18.2. The molecule has 1 aromatic rings. The average molecular weight is 368 g/mol. The minimum atomic E-state index is -0.0578. The van der Waals surface area contributed by atoms with E-state index >= 15 is 0 Å². The van der Waals surface area contributed by atoms with Gasteiger partial charge in [0.05, 0.1) is 5.92 Å². The monoisotopic (exact) mass is 368 g/mol. The lowest BCUT2D eigenvalue weighted by atomic mass is 9.83. The Balaban J connectivity index is 1.36. The summed E-state index contributed by atoms with van der Waals surface area (Å²) in [6, 6.07) is 9.28. The Bertz CT molecular complexity index is 714. The molecular weight excluding hydrogens is 340 g/mol. The number of Topliss-reactive ketones (excluding diaryl/α,β-unsaturated/α-hetero) is 1. The van der Waals surface area contributed by atoms with Crippen molar-refractivity contribution in [1.29, 1.82) is 0 Å². The largest absolute Gasteiger partial charge is 0.340 e. The SMILES string of the molecule is O=C(CCC(=O)N1C[C@H]2CC[C@@H](C1)N(CC1CCC1)C2=O)c1ccccc1. The highest BCUT2D eigenvalue weighted by molar-refractivity contribution is 5.98. The lowest BCUT2D eigenvalue weighted by molar-refractivity contribution is -0.141. The maximum absolute atomic E-state index is 12.8. The summed E-state index contributed by atoms with van der Waals surface area (Å²) in [5.41, 5.74) is 0.656. The van der Waals surface area contributed by atoms with Crippen LogP contribution in [-0.4, -0.2) is 53.1 Å². The number of hydrogen-bond donors (Lipinski definition) is 0. The normalized spacial score (nSPS) is 25.3. The third-order valence-corrected chi connectivity index (χ3v) is 6.49. The minimum absolute atomic E-state index is 0.00410. The van der Waals surface area contributed by atoms with Gasteiger partial charge in [0, 0.05) is 44.1 Å². The summed E-state index contributed by atoms with van der Waals surface area (Å²) in [4.78, 5) is 41.8. The molecule has 5 heteroatoms. The van der Waals surface area contributed by atoms with E-state index in [9.17, 15) is 14.4 Å². The van der Waals surface area contributed by atoms with Crippen molar-refractivity contribution in [3.63, 3.8) is 0 Å². The predicted molar refractivity (Wildman–Crippen MR) is 102 cm³/mol. The second kappa shape index (κ2) is 7.83. The summed E-state index contributed by atoms with van der Waals surface area (Å²) in [5.74, 6) is 0.853. The molecule has 3 heterocycles. The van der Waals surface area contributed by atoms with Gasteiger partial charge in [0.2, 0.25) is 11.8 Å². The van der Waals surface area contributed by atoms with Gasteiger partial charge in [-0.25, -0.2) is 0 Å². The number of rotatable bonds is 6. The summed E-state index contributed by atoms with van der Waals surface area (Å²) in [7, 11) is 0. The topological polar surface area (TPSA) is 57.7 Å². The molecule has 2 atom stereocenters. The summed E-state index contributed by atoms with van der Waals surface area (Å²) < 4.78 is 0. The van der Waals surface area contributed by atoms with Crippen molar-refractivity contribution in [3.8, 4) is 0 Å². The Hall–Kier alpha value is -2.17. The van der Waals surface area contributed by atoms with Crippen LogP contribution in [0.15, 0.2) is 30.3 Å². The summed E-state index contributed by atoms with van der Waals surface area (Å²) in [6.45, 7) is 2.02. The molecule has 0 spiro atoms. The van der Waals surface area contributed by atoms with Crippen LogP contribution in [0.2, 0.25) is 0 Å². The van der Waals surface area contributed by atoms with Crippen molar-refractivity contribution in [2.45, 2.75) is 51.0 Å². The first-order chi connectivity index (χ1) is 13.1. The highest BCUT2D eigenvalue weighted by atomic mass is 16.2. The number of hydrogen-bond acceptors (Lipinski definition) is 3. The third-order valence-electron chi connectivity index (χ3n) is 6.49. The van der Waals surface area contributed by atoms with Crippen molar-refractivity contribution in [1.82, 2.24) is 9.80 Å². The van der Waals surface area contributed by atoms with Gasteiger partial charge in [-0.1, -0.05) is 36.8 Å². The molecule has 0 N–H and O–H groups in total. The standard InChI is InChI=1S/C22H28N2O3/c25-20(17-7-2-1-3-8-17)11-12-21(26)23-14-18-9-10-19(15-23)24(22(18)27)13-16-5-4-6-16/h1-3,7-8,16,18-19H,4-6,9-15H2/t18-,19+/m1/s1. The van der Waals surface area contributed by atoms with Crippen LogP contribution in [0.3, 0.4) is 0 Å². The molecule has 0 aromatic heterocycles. The zero-order chi connectivity index (χ0) is 18.8. The van der Waals surface area contributed by atoms with Crippen molar-refractivity contribution in [2.24, 2.45) is 11.8 Å². The van der Waals surface area contributed by atoms with Gasteiger partial charge in [-0.15, -0.1) is 0 Å². The quantitative estimate of drug-likeness (QED) is 0.726. The van der Waals surface area contributed by atoms with Gasteiger partial charge in [0.15, 0.2) is 5.78 Å². The van der Waals surface area contributed by atoms with Crippen LogP contribution in [0.5, 0.6) is 0 Å². The summed E-state index contributed by atoms with van der Waals surface area (Å²) >= 11 is 0. The smallest absolute Gasteiger partial charge is 0.227 e. The van der Waals surface area contributed by atoms with E-state index in [0.29, 0.717) is 24.6 Å². The molecule has 1 aliphatic carbocycles. The molecule has 0 radical (unpaired) electrons. The summed E-state index contributed by atoms with van der Waals surface area (Å²) in [6.07, 6.45) is 6.07. The second-order valence-corrected chi connectivity index (χ2v) is 8.30. The highest BCUT2D eigenvalue weighted by Gasteiger charge is 2.42. The maximum Gasteiger partial charge on any atom is 0.227 e. The van der Waals surface area contributed by atoms with Gasteiger partial charge in [0.1, 0.15) is 0 Å². The van der Waals surface area contributed by atoms with Gasteiger partial charge in [0.25, 0.3) is 0 Å². The molecule has 2 amide bonds. The van der Waals surface area contributed by atoms with Crippen molar-refractivity contribution in [3.05, 3.63) is 35.9 Å². The molecule has 144 valence electrons. The van der Waals surface area contributed by atoms with E-state index in [1.807, 2.05) is 23.1 Å². The maximum atomic E-state index is 12.8. The minimum Gasteiger partial charge on any atom is -0.340 e. The molecule has 0 unspecified atom stereocenters. The zero-order valence-corrected chi connectivity index (χ0v) is 15.8. The van der Waals surface area contributed by atoms with Crippen LogP contribution in [0, 0.1) is 11.8 Å². The van der Waals surface area contributed by atoms with Crippen molar-refractivity contribution in [2.75, 3.05) is 19.6 Å². The molecule has 1 aromatic carbocycles. The molecule has 5 nitrogen and oxygen atoms in total. The Labute approximate surface area is 160 Å². The number of benzene rings is 1. The molecule has 2 bridgehead atoms. The van der Waals surface area contributed by atoms with Crippen LogP contribution in [-0.2, 0) is 9.59 Å². The number of carbonyl (C=O) groups is 3. The van der Waals surface area contributed by atoms with E-state index in [4.69, 9.17) is 0 Å². The molecular formula is C22H28N2O3. The van der Waals surface area contributed by atoms with E-state index in [-0.39, 0.29) is 42.4 Å². The van der Waals surface area contributed by atoms with Gasteiger partial charge < -0.3 is 9.80 Å². The fourth-order valence-electron chi connectivity index (χ4n) is 4.58. The van der Waals surface area contributed by atoms with Crippen LogP contribution in [0.1, 0.15) is 55.3 Å². The molecule has 3 aliphatic heterocycles. The Kier molecular flexibility index (Phi) is 5.28. The molecule has 27 heavy (non-hydrogen) atoms. The zero-order valence-electron chi connectivity index (χ0n) is 15.8. The average Bonchev–Trinajstić information content (AvgIpc) is 2.95. The van der Waals surface area contributed by atoms with Crippen LogP contribution < -0.4 is 0 Å². The van der Waals surface area contributed by atoms with E-state index in [1.165, 1.54) is 19.3 Å². The number of nitrogens with zero attached hydrogens (tertiary/aromatic N) is 2. The molecule has 3 saturated heterocycles. The van der Waals surface area contributed by atoms with Gasteiger partial charge in [-0.05, 0) is 31.6 Å². The number of piperidine rings is 1. The van der Waals surface area contributed by atoms with E-state index in [2.05, 4.69) is 4.90 Å². The van der Waals surface area contributed by atoms with Gasteiger partial charge in [-0.3, -0.25) is 14.4 Å². The Morgan fingerprint density at radius 3 is 2.44 bits per heavy atom. The van der Waals surface area contributed by atoms with E-state index < -0.39 is 0 Å². The molecule has 1 saturated carbocycles. The van der Waals surface area contributed by atoms with E-state index in [1.54, 1.807) is 12.1 Å². The lowest BCUT2D eigenvalue weighted by Crippen LogP contribution is -2.50. The van der Waals surface area contributed by atoms with Crippen molar-refractivity contribution < 1.29 is 14.4 Å². The lowest BCUT2D eigenvalue weighted by Gasteiger charge is -2.40. The Morgan fingerprint density at radius 1 is 0.963 bits per heavy atom. The first-order valence-corrected chi connectivity index (χ1v) is 10.3. The summed E-state index contributed by atoms with van der Waals surface area (Å²) in [5, 5.41) is 0. The Morgan fingerprint density at radius 2 is 1.74 bits per heavy atom. The predicted octanol–water partition coefficient (Wildman–Crippen LogP) is 2.90. The fraction of sp³-hybridized carbons (Fsp3) is 0.591. The highest BCUT2D eigenvalue weighted by Crippen LogP contribution is 2.34. The fourth-order valence-corrected chi connectivity index (χ4v) is 4.58. The number of carbonyl (C=O) groups excluding carboxylic acids is 3. The van der Waals surface area contributed by atoms with Gasteiger partial charge in [-0.2, -0.15) is 0 Å².